The van der Waals surface area contributed by atoms with E-state index in [1.807, 2.05) is 0 Å². The third-order valence-corrected chi connectivity index (χ3v) is 5.90. The fourth-order valence-electron chi connectivity index (χ4n) is 2.71. The van der Waals surface area contributed by atoms with Crippen molar-refractivity contribution in [1.29, 1.82) is 0 Å². The molecule has 3 rings (SSSR count). The number of hydrogen-bond donors (Lipinski definition) is 2. The van der Waals surface area contributed by atoms with Crippen LogP contribution in [0.5, 0.6) is 5.75 Å². The number of hydrogen-bond acceptors (Lipinski definition) is 4. The molecule has 0 unspecified atom stereocenters. The molecule has 162 valence electrons. The normalized spacial score (nSPS) is 12.1. The second-order valence-corrected chi connectivity index (χ2v) is 8.72. The van der Waals surface area contributed by atoms with Gasteiger partial charge >= 0.3 is 0 Å². The van der Waals surface area contributed by atoms with E-state index in [1.54, 1.807) is 25.1 Å². The summed E-state index contributed by atoms with van der Waals surface area (Å²) in [5.41, 5.74) is 0.751. The molecule has 2 N–H and O–H groups in total. The molecule has 31 heavy (non-hydrogen) atoms. The van der Waals surface area contributed by atoms with Gasteiger partial charge < -0.3 is 10.1 Å². The highest BCUT2D eigenvalue weighted by Crippen LogP contribution is 2.21. The first kappa shape index (κ1) is 22.6. The molecule has 0 spiro atoms. The van der Waals surface area contributed by atoms with Crippen LogP contribution < -0.4 is 14.8 Å². The number of benzene rings is 3. The first-order valence-corrected chi connectivity index (χ1v) is 11.2. The number of halogens is 2. The lowest BCUT2D eigenvalue weighted by Gasteiger charge is -2.17. The number of ether oxygens (including phenoxy) is 1. The molecular weight excluding hydrogens is 443 g/mol. The van der Waals surface area contributed by atoms with Crippen LogP contribution in [0, 0.1) is 5.82 Å². The minimum Gasteiger partial charge on any atom is -0.481 e. The quantitative estimate of drug-likeness (QED) is 0.489. The Bertz CT molecular complexity index is 1150. The standard InChI is InChI=1S/C22H20ClFN2O4S/c1-2-21(30-19-10-6-16(24)7-11-19)22(27)25-17-8-12-20(13-9-17)31(28,29)26-18-5-3-4-15(23)14-18/h3-14,21,26H,2H2,1H3,(H,25,27)/t21-/m1/s1. The highest BCUT2D eigenvalue weighted by atomic mass is 35.5. The van der Waals surface area contributed by atoms with Gasteiger partial charge in [-0.2, -0.15) is 0 Å². The fourth-order valence-corrected chi connectivity index (χ4v) is 3.95. The van der Waals surface area contributed by atoms with Gasteiger partial charge in [0.05, 0.1) is 10.6 Å². The Morgan fingerprint density at radius 1 is 1.03 bits per heavy atom. The topological polar surface area (TPSA) is 84.5 Å². The summed E-state index contributed by atoms with van der Waals surface area (Å²) >= 11 is 5.88. The second kappa shape index (κ2) is 9.80. The summed E-state index contributed by atoms with van der Waals surface area (Å²) in [5, 5.41) is 3.10. The van der Waals surface area contributed by atoms with Crippen LogP contribution in [-0.2, 0) is 14.8 Å². The number of amides is 1. The highest BCUT2D eigenvalue weighted by molar-refractivity contribution is 7.92. The number of sulfonamides is 1. The molecule has 0 fully saturated rings. The second-order valence-electron chi connectivity index (χ2n) is 6.60. The predicted molar refractivity (Wildman–Crippen MR) is 118 cm³/mol. The van der Waals surface area contributed by atoms with Crippen molar-refractivity contribution < 1.29 is 22.3 Å². The van der Waals surface area contributed by atoms with E-state index < -0.39 is 27.9 Å². The maximum absolute atomic E-state index is 13.0. The van der Waals surface area contributed by atoms with Crippen molar-refractivity contribution in [3.8, 4) is 5.75 Å². The number of nitrogens with one attached hydrogen (secondary N) is 2. The molecule has 1 atom stereocenters. The van der Waals surface area contributed by atoms with Gasteiger partial charge in [-0.3, -0.25) is 9.52 Å². The summed E-state index contributed by atoms with van der Waals surface area (Å²) in [4.78, 5) is 12.5. The number of rotatable bonds is 8. The maximum Gasteiger partial charge on any atom is 0.265 e. The Labute approximate surface area is 185 Å². The minimum atomic E-state index is -3.82. The van der Waals surface area contributed by atoms with E-state index in [9.17, 15) is 17.6 Å². The van der Waals surface area contributed by atoms with Gasteiger partial charge in [0.15, 0.2) is 6.10 Å². The van der Waals surface area contributed by atoms with Gasteiger partial charge in [-0.05, 0) is 73.2 Å². The van der Waals surface area contributed by atoms with Crippen molar-refractivity contribution in [2.75, 3.05) is 10.0 Å². The average molecular weight is 463 g/mol. The lowest BCUT2D eigenvalue weighted by atomic mass is 10.2. The highest BCUT2D eigenvalue weighted by Gasteiger charge is 2.19. The first-order valence-electron chi connectivity index (χ1n) is 9.38. The summed E-state index contributed by atoms with van der Waals surface area (Å²) in [6.07, 6.45) is -0.405. The number of carbonyl (C=O) groups excluding carboxylic acids is 1. The Morgan fingerprint density at radius 2 is 1.71 bits per heavy atom. The minimum absolute atomic E-state index is 0.0279. The van der Waals surface area contributed by atoms with Crippen LogP contribution in [0.3, 0.4) is 0 Å². The monoisotopic (exact) mass is 462 g/mol. The zero-order chi connectivity index (χ0) is 22.4. The molecule has 0 aliphatic carbocycles. The van der Waals surface area contributed by atoms with Gasteiger partial charge in [0.25, 0.3) is 15.9 Å². The number of anilines is 2. The van der Waals surface area contributed by atoms with E-state index in [-0.39, 0.29) is 4.90 Å². The summed E-state index contributed by atoms with van der Waals surface area (Å²) in [6, 6.07) is 17.5. The summed E-state index contributed by atoms with van der Waals surface area (Å²) in [6.45, 7) is 1.78. The van der Waals surface area contributed by atoms with E-state index in [4.69, 9.17) is 16.3 Å². The van der Waals surface area contributed by atoms with E-state index in [0.717, 1.165) is 0 Å². The third kappa shape index (κ3) is 6.19. The first-order chi connectivity index (χ1) is 14.8. The molecule has 3 aromatic rings. The lowest BCUT2D eigenvalue weighted by molar-refractivity contribution is -0.122. The Hall–Kier alpha value is -3.10. The van der Waals surface area contributed by atoms with Gasteiger partial charge in [-0.15, -0.1) is 0 Å². The largest absolute Gasteiger partial charge is 0.481 e. The molecule has 0 aliphatic rings. The van der Waals surface area contributed by atoms with Gasteiger partial charge in [0, 0.05) is 10.7 Å². The van der Waals surface area contributed by atoms with Crippen LogP contribution in [0.1, 0.15) is 13.3 Å². The molecule has 0 saturated heterocycles. The molecule has 0 radical (unpaired) electrons. The van der Waals surface area contributed by atoms with Crippen LogP contribution in [0.15, 0.2) is 77.7 Å². The molecule has 1 amide bonds. The van der Waals surface area contributed by atoms with Crippen LogP contribution in [-0.4, -0.2) is 20.4 Å². The molecule has 0 bridgehead atoms. The Balaban J connectivity index is 1.66. The molecule has 0 heterocycles. The van der Waals surface area contributed by atoms with Gasteiger partial charge in [0.1, 0.15) is 11.6 Å². The fraction of sp³-hybridized carbons (Fsp3) is 0.136. The van der Waals surface area contributed by atoms with Crippen molar-refractivity contribution >= 4 is 38.9 Å². The van der Waals surface area contributed by atoms with Crippen LogP contribution >= 0.6 is 11.6 Å². The lowest BCUT2D eigenvalue weighted by Crippen LogP contribution is -2.32. The van der Waals surface area contributed by atoms with Crippen LogP contribution in [0.4, 0.5) is 15.8 Å². The van der Waals surface area contributed by atoms with Crippen molar-refractivity contribution in [3.63, 3.8) is 0 Å². The zero-order valence-electron chi connectivity index (χ0n) is 16.5. The molecule has 0 saturated carbocycles. The third-order valence-electron chi connectivity index (χ3n) is 4.26. The smallest absolute Gasteiger partial charge is 0.265 e. The Kier molecular flexibility index (Phi) is 7.14. The van der Waals surface area contributed by atoms with Crippen LogP contribution in [0.2, 0.25) is 5.02 Å². The molecule has 0 aromatic heterocycles. The number of carbonyl (C=O) groups is 1. The van der Waals surface area contributed by atoms with Crippen molar-refractivity contribution in [3.05, 3.63) is 83.6 Å². The van der Waals surface area contributed by atoms with Crippen LogP contribution in [0.25, 0.3) is 0 Å². The van der Waals surface area contributed by atoms with E-state index >= 15 is 0 Å². The SMILES string of the molecule is CC[C@@H](Oc1ccc(F)cc1)C(=O)Nc1ccc(S(=O)(=O)Nc2cccc(Cl)c2)cc1. The van der Waals surface area contributed by atoms with Crippen molar-refractivity contribution in [2.24, 2.45) is 0 Å². The molecule has 0 aliphatic heterocycles. The van der Waals surface area contributed by atoms with Gasteiger partial charge in [-0.25, -0.2) is 12.8 Å². The van der Waals surface area contributed by atoms with E-state index in [2.05, 4.69) is 10.0 Å². The van der Waals surface area contributed by atoms with Gasteiger partial charge in [-0.1, -0.05) is 24.6 Å². The van der Waals surface area contributed by atoms with E-state index in [0.29, 0.717) is 28.6 Å². The summed E-state index contributed by atoms with van der Waals surface area (Å²) < 4.78 is 46.2. The predicted octanol–water partition coefficient (Wildman–Crippen LogP) is 5.08. The summed E-state index contributed by atoms with van der Waals surface area (Å²) in [7, 11) is -3.82. The molecule has 3 aromatic carbocycles. The molecular formula is C22H20ClFN2O4S. The van der Waals surface area contributed by atoms with Crippen molar-refractivity contribution in [2.45, 2.75) is 24.3 Å². The molecule has 6 nitrogen and oxygen atoms in total. The summed E-state index contributed by atoms with van der Waals surface area (Å²) in [5.74, 6) is -0.429. The Morgan fingerprint density at radius 3 is 2.32 bits per heavy atom. The zero-order valence-corrected chi connectivity index (χ0v) is 18.1. The van der Waals surface area contributed by atoms with Crippen molar-refractivity contribution in [1.82, 2.24) is 0 Å². The van der Waals surface area contributed by atoms with E-state index in [1.165, 1.54) is 54.6 Å². The average Bonchev–Trinajstić information content (AvgIpc) is 2.73. The maximum atomic E-state index is 13.0. The molecule has 9 heteroatoms. The van der Waals surface area contributed by atoms with Gasteiger partial charge in [0.2, 0.25) is 0 Å².